The number of ether oxygens (including phenoxy) is 1. The summed E-state index contributed by atoms with van der Waals surface area (Å²) in [5.41, 5.74) is 3.65. The lowest BCUT2D eigenvalue weighted by molar-refractivity contribution is 0.0958. The smallest absolute Gasteiger partial charge is 0.259 e. The number of anilines is 2. The predicted octanol–water partition coefficient (Wildman–Crippen LogP) is 8.23. The van der Waals surface area contributed by atoms with E-state index in [1.165, 1.54) is 33.9 Å². The third kappa shape index (κ3) is 10.2. The van der Waals surface area contributed by atoms with E-state index in [2.05, 4.69) is 4.98 Å². The van der Waals surface area contributed by atoms with Crippen molar-refractivity contribution in [2.24, 2.45) is 0 Å². The van der Waals surface area contributed by atoms with Crippen LogP contribution in [0, 0.1) is 6.92 Å². The zero-order valence-corrected chi connectivity index (χ0v) is 39.1. The second-order valence-corrected chi connectivity index (χ2v) is 20.7. The fourth-order valence-corrected chi connectivity index (χ4v) is 12.0. The fourth-order valence-electron chi connectivity index (χ4n) is 8.74. The molecule has 4 heterocycles. The van der Waals surface area contributed by atoms with Crippen LogP contribution in [0.3, 0.4) is 0 Å². The highest BCUT2D eigenvalue weighted by atomic mass is 35.5. The van der Waals surface area contributed by atoms with Crippen molar-refractivity contribution in [3.8, 4) is 5.75 Å². The van der Waals surface area contributed by atoms with E-state index in [0.29, 0.717) is 67.0 Å². The van der Waals surface area contributed by atoms with Gasteiger partial charge in [-0.1, -0.05) is 66.2 Å². The minimum atomic E-state index is -3.86. The average Bonchev–Trinajstić information content (AvgIpc) is 3.34. The molecule has 342 valence electrons. The van der Waals surface area contributed by atoms with Gasteiger partial charge in [0.15, 0.2) is 0 Å². The van der Waals surface area contributed by atoms with Crippen molar-refractivity contribution < 1.29 is 31.2 Å². The molecule has 2 saturated heterocycles. The first-order chi connectivity index (χ1) is 31.8. The van der Waals surface area contributed by atoms with Gasteiger partial charge >= 0.3 is 0 Å². The number of methoxy groups -OCH3 is 1. The average molecular weight is 948 g/mol. The van der Waals surface area contributed by atoms with E-state index in [4.69, 9.17) is 21.3 Å². The first-order valence-corrected chi connectivity index (χ1v) is 25.2. The molecule has 0 bridgehead atoms. The molecule has 8 rings (SSSR count). The highest BCUT2D eigenvalue weighted by molar-refractivity contribution is 7.89. The molecule has 2 aliphatic heterocycles. The zero-order valence-electron chi connectivity index (χ0n) is 36.7. The number of benzene rings is 4. The Morgan fingerprint density at radius 2 is 1.12 bits per heavy atom. The molecule has 2 aliphatic rings. The SMILES string of the molecule is COc1ccc(S(=O)(=O)N2CCC(N(C(=O)c3ccccc3)c3cc(CCc4ccc(S(=O)(=O)N5CCC(N(C(=O)c6ccccc6)c6ccccn6)CC5)cc4)cc(C)n3)CC2)cc1Cl. The van der Waals surface area contributed by atoms with Gasteiger partial charge in [0.2, 0.25) is 20.0 Å². The second-order valence-electron chi connectivity index (χ2n) is 16.5. The lowest BCUT2D eigenvalue weighted by atomic mass is 10.0. The molecule has 0 unspecified atom stereocenters. The van der Waals surface area contributed by atoms with Gasteiger partial charge in [-0.3, -0.25) is 19.4 Å². The summed E-state index contributed by atoms with van der Waals surface area (Å²) in [4.78, 5) is 41.0. The summed E-state index contributed by atoms with van der Waals surface area (Å²) in [6.45, 7) is 2.78. The van der Waals surface area contributed by atoms with E-state index in [0.717, 1.165) is 16.8 Å². The fraction of sp³-hybridized carbons (Fsp3) is 0.280. The first-order valence-electron chi connectivity index (χ1n) is 21.9. The molecule has 0 radical (unpaired) electrons. The van der Waals surface area contributed by atoms with Crippen molar-refractivity contribution >= 4 is 55.1 Å². The quantitative estimate of drug-likeness (QED) is 0.105. The molecule has 2 aromatic heterocycles. The molecule has 0 spiro atoms. The molecule has 2 amide bonds. The molecule has 4 aromatic carbocycles. The number of halogens is 1. The minimum Gasteiger partial charge on any atom is -0.495 e. The number of hydrogen-bond donors (Lipinski definition) is 0. The summed E-state index contributed by atoms with van der Waals surface area (Å²) >= 11 is 6.28. The van der Waals surface area contributed by atoms with E-state index in [-0.39, 0.29) is 64.9 Å². The largest absolute Gasteiger partial charge is 0.495 e. The zero-order chi connectivity index (χ0) is 46.4. The number of sulfonamides is 2. The van der Waals surface area contributed by atoms with Crippen LogP contribution in [0.1, 0.15) is 63.2 Å². The number of hydrogen-bond acceptors (Lipinski definition) is 9. The van der Waals surface area contributed by atoms with Crippen LogP contribution in [-0.4, -0.2) is 92.6 Å². The van der Waals surface area contributed by atoms with Crippen LogP contribution < -0.4 is 14.5 Å². The van der Waals surface area contributed by atoms with E-state index in [1.54, 1.807) is 64.5 Å². The molecular weight excluding hydrogens is 896 g/mol. The molecule has 0 N–H and O–H groups in total. The van der Waals surface area contributed by atoms with Gasteiger partial charge in [-0.25, -0.2) is 26.8 Å². The molecule has 0 saturated carbocycles. The van der Waals surface area contributed by atoms with Gasteiger partial charge in [0.05, 0.1) is 21.9 Å². The summed E-state index contributed by atoms with van der Waals surface area (Å²) in [7, 11) is -6.20. The number of carbonyl (C=O) groups excluding carboxylic acids is 2. The van der Waals surface area contributed by atoms with Crippen LogP contribution in [0.15, 0.2) is 149 Å². The molecule has 0 atom stereocenters. The third-order valence-corrected chi connectivity index (χ3v) is 16.3. The van der Waals surface area contributed by atoms with Gasteiger partial charge in [-0.2, -0.15) is 8.61 Å². The number of carbonyl (C=O) groups is 2. The maximum atomic E-state index is 14.3. The maximum Gasteiger partial charge on any atom is 0.259 e. The monoisotopic (exact) mass is 946 g/mol. The number of piperidine rings is 2. The van der Waals surface area contributed by atoms with Crippen molar-refractivity contribution in [3.05, 3.63) is 173 Å². The van der Waals surface area contributed by atoms with Gasteiger partial charge in [0.25, 0.3) is 11.8 Å². The summed E-state index contributed by atoms with van der Waals surface area (Å²) in [6.07, 6.45) is 4.53. The summed E-state index contributed by atoms with van der Waals surface area (Å²) < 4.78 is 63.3. The van der Waals surface area contributed by atoms with Gasteiger partial charge in [-0.05, 0) is 135 Å². The van der Waals surface area contributed by atoms with Crippen molar-refractivity contribution in [1.82, 2.24) is 18.6 Å². The van der Waals surface area contributed by atoms with E-state index >= 15 is 0 Å². The second kappa shape index (κ2) is 20.3. The van der Waals surface area contributed by atoms with Gasteiger partial charge in [0.1, 0.15) is 17.4 Å². The predicted molar refractivity (Wildman–Crippen MR) is 255 cm³/mol. The van der Waals surface area contributed by atoms with Crippen LogP contribution in [-0.2, 0) is 32.9 Å². The van der Waals surface area contributed by atoms with Gasteiger partial charge in [0, 0.05) is 61.3 Å². The summed E-state index contributed by atoms with van der Waals surface area (Å²) in [5, 5.41) is 0.201. The first kappa shape index (κ1) is 46.6. The Bertz CT molecular complexity index is 2880. The number of nitrogens with zero attached hydrogens (tertiary/aromatic N) is 6. The maximum absolute atomic E-state index is 14.3. The Kier molecular flexibility index (Phi) is 14.3. The molecule has 16 heteroatoms. The molecule has 66 heavy (non-hydrogen) atoms. The normalized spacial score (nSPS) is 15.6. The Morgan fingerprint density at radius 3 is 1.64 bits per heavy atom. The number of pyridine rings is 2. The summed E-state index contributed by atoms with van der Waals surface area (Å²) in [5.74, 6) is 0.997. The molecule has 6 aromatic rings. The van der Waals surface area contributed by atoms with E-state index in [1.807, 2.05) is 73.7 Å². The molecule has 2 fully saturated rings. The van der Waals surface area contributed by atoms with Crippen molar-refractivity contribution in [1.29, 1.82) is 0 Å². The van der Waals surface area contributed by atoms with Crippen LogP contribution in [0.5, 0.6) is 5.75 Å². The van der Waals surface area contributed by atoms with Crippen LogP contribution in [0.2, 0.25) is 5.02 Å². The highest BCUT2D eigenvalue weighted by Crippen LogP contribution is 2.33. The topological polar surface area (TPSA) is 150 Å². The summed E-state index contributed by atoms with van der Waals surface area (Å²) in [6, 6.07) is 38.2. The van der Waals surface area contributed by atoms with Crippen molar-refractivity contribution in [2.45, 2.75) is 67.3 Å². The number of rotatable bonds is 14. The molecule has 0 aliphatic carbocycles. The number of aromatic nitrogens is 2. The van der Waals surface area contributed by atoms with E-state index in [9.17, 15) is 26.4 Å². The van der Waals surface area contributed by atoms with Crippen LogP contribution in [0.25, 0.3) is 0 Å². The van der Waals surface area contributed by atoms with E-state index < -0.39 is 20.0 Å². The number of amides is 2. The molecule has 13 nitrogen and oxygen atoms in total. The Hall–Kier alpha value is -5.97. The van der Waals surface area contributed by atoms with Crippen LogP contribution >= 0.6 is 11.6 Å². The number of aryl methyl sites for hydroxylation is 3. The van der Waals surface area contributed by atoms with Crippen molar-refractivity contribution in [3.63, 3.8) is 0 Å². The lowest BCUT2D eigenvalue weighted by Crippen LogP contribution is -2.49. The Labute approximate surface area is 391 Å². The molecular formula is C50H51ClN6O7S2. The van der Waals surface area contributed by atoms with Crippen LogP contribution in [0.4, 0.5) is 11.6 Å². The van der Waals surface area contributed by atoms with Crippen molar-refractivity contribution in [2.75, 3.05) is 43.1 Å². The van der Waals surface area contributed by atoms with Gasteiger partial charge < -0.3 is 4.74 Å². The highest BCUT2D eigenvalue weighted by Gasteiger charge is 2.37. The minimum absolute atomic E-state index is 0.0735. The Balaban J connectivity index is 0.935. The lowest BCUT2D eigenvalue weighted by Gasteiger charge is -2.37. The Morgan fingerprint density at radius 1 is 0.621 bits per heavy atom. The van der Waals surface area contributed by atoms with Gasteiger partial charge in [-0.15, -0.1) is 0 Å². The standard InChI is InChI=1S/C50H51ClN6O7S2/c1-36-33-38(34-48(53-36)57(50(59)40-13-7-4-8-14-40)42-26-31-55(32-27-42)66(62,63)44-22-23-46(64-2)45(51)35-44)17-16-37-18-20-43(21-19-37)65(60,61)54-29-24-41(25-30-54)56(47-15-9-10-28-52-47)49(58)39-11-5-3-6-12-39/h3-15,18-23,28,33-35,41-42H,16-17,24-27,29-32H2,1-2H3. The third-order valence-electron chi connectivity index (χ3n) is 12.2.